The highest BCUT2D eigenvalue weighted by molar-refractivity contribution is 5.85. The number of methoxy groups -OCH3 is 1. The fourth-order valence-corrected chi connectivity index (χ4v) is 1.04. The van der Waals surface area contributed by atoms with Gasteiger partial charge in [-0.2, -0.15) is 8.78 Å². The number of hydrogen-bond acceptors (Lipinski definition) is 4. The van der Waals surface area contributed by atoms with Crippen LogP contribution in [0.2, 0.25) is 0 Å². The Morgan fingerprint density at radius 1 is 1.47 bits per heavy atom. The Bertz CT molecular complexity index is 467. The van der Waals surface area contributed by atoms with Gasteiger partial charge in [-0.3, -0.25) is 0 Å². The van der Waals surface area contributed by atoms with Crippen molar-refractivity contribution in [2.24, 2.45) is 0 Å². The van der Waals surface area contributed by atoms with E-state index in [9.17, 15) is 22.4 Å². The molecule has 5 nitrogen and oxygen atoms in total. The van der Waals surface area contributed by atoms with Crippen molar-refractivity contribution in [1.29, 1.82) is 0 Å². The second-order valence-electron chi connectivity index (χ2n) is 3.36. The molecule has 1 aromatic rings. The highest BCUT2D eigenvalue weighted by atomic mass is 19.3. The van der Waals surface area contributed by atoms with E-state index in [4.69, 9.17) is 5.11 Å². The van der Waals surface area contributed by atoms with Crippen molar-refractivity contribution in [2.45, 2.75) is 12.3 Å². The monoisotopic (exact) mass is 283 g/mol. The highest BCUT2D eigenvalue weighted by Crippen LogP contribution is 2.28. The number of aromatic nitrogens is 1. The molecule has 106 valence electrons. The lowest BCUT2D eigenvalue weighted by Crippen LogP contribution is -2.33. The molecule has 0 atom stereocenters. The maximum Gasteiger partial charge on any atom is 0.354 e. The molecule has 1 aromatic heterocycles. The molecule has 0 unspecified atom stereocenters. The average Bonchev–Trinajstić information content (AvgIpc) is 2.35. The number of nitrogens with zero attached hydrogens (tertiary/aromatic N) is 1. The summed E-state index contributed by atoms with van der Waals surface area (Å²) >= 11 is 0. The van der Waals surface area contributed by atoms with Crippen LogP contribution in [0.3, 0.4) is 0 Å². The van der Waals surface area contributed by atoms with Crippen LogP contribution < -0.4 is 9.47 Å². The number of alkyl halides is 4. The summed E-state index contributed by atoms with van der Waals surface area (Å²) in [7, 11) is 1.10. The minimum atomic E-state index is -4.32. The third kappa shape index (κ3) is 3.70. The van der Waals surface area contributed by atoms with Gasteiger partial charge < -0.3 is 14.6 Å². The third-order valence-electron chi connectivity index (χ3n) is 1.98. The van der Waals surface area contributed by atoms with Crippen LogP contribution >= 0.6 is 0 Å². The molecular weight excluding hydrogens is 274 g/mol. The SMILES string of the molecule is COc1nc(C(=O)O)ccc1OCC(F)(F)C(F)F. The van der Waals surface area contributed by atoms with Gasteiger partial charge in [0.05, 0.1) is 7.11 Å². The summed E-state index contributed by atoms with van der Waals surface area (Å²) < 4.78 is 58.2. The Kier molecular flexibility index (Phi) is 4.52. The number of carboxylic acids is 1. The Labute approximate surface area is 104 Å². The zero-order valence-electron chi connectivity index (χ0n) is 9.57. The summed E-state index contributed by atoms with van der Waals surface area (Å²) in [6, 6.07) is 1.97. The average molecular weight is 283 g/mol. The number of carbonyl (C=O) groups is 1. The van der Waals surface area contributed by atoms with E-state index in [2.05, 4.69) is 14.5 Å². The van der Waals surface area contributed by atoms with Gasteiger partial charge in [0, 0.05) is 0 Å². The first-order valence-corrected chi connectivity index (χ1v) is 4.85. The van der Waals surface area contributed by atoms with Crippen LogP contribution in [0.1, 0.15) is 10.5 Å². The number of ether oxygens (including phenoxy) is 2. The van der Waals surface area contributed by atoms with Crippen molar-refractivity contribution in [3.05, 3.63) is 17.8 Å². The summed E-state index contributed by atoms with van der Waals surface area (Å²) in [4.78, 5) is 14.1. The van der Waals surface area contributed by atoms with Gasteiger partial charge in [-0.1, -0.05) is 0 Å². The molecule has 0 saturated carbocycles. The molecule has 0 spiro atoms. The van der Waals surface area contributed by atoms with Crippen LogP contribution in [0.4, 0.5) is 17.6 Å². The van der Waals surface area contributed by atoms with Crippen molar-refractivity contribution in [2.75, 3.05) is 13.7 Å². The van der Waals surface area contributed by atoms with E-state index < -0.39 is 30.6 Å². The van der Waals surface area contributed by atoms with E-state index in [0.29, 0.717) is 0 Å². The molecule has 1 N–H and O–H groups in total. The number of pyridine rings is 1. The molecule has 19 heavy (non-hydrogen) atoms. The molecular formula is C10H9F4NO4. The quantitative estimate of drug-likeness (QED) is 0.809. The van der Waals surface area contributed by atoms with Gasteiger partial charge in [-0.15, -0.1) is 0 Å². The largest absolute Gasteiger partial charge is 0.481 e. The van der Waals surface area contributed by atoms with Crippen molar-refractivity contribution in [3.63, 3.8) is 0 Å². The fraction of sp³-hybridized carbons (Fsp3) is 0.400. The Morgan fingerprint density at radius 2 is 2.11 bits per heavy atom. The van der Waals surface area contributed by atoms with Gasteiger partial charge in [0.25, 0.3) is 5.88 Å². The van der Waals surface area contributed by atoms with Crippen molar-refractivity contribution in [3.8, 4) is 11.6 Å². The number of aromatic carboxylic acids is 1. The highest BCUT2D eigenvalue weighted by Gasteiger charge is 2.42. The minimum Gasteiger partial charge on any atom is -0.481 e. The summed E-state index contributed by atoms with van der Waals surface area (Å²) in [6.45, 7) is -1.57. The lowest BCUT2D eigenvalue weighted by atomic mass is 10.3. The number of halogens is 4. The molecule has 0 saturated heterocycles. The fourth-order valence-electron chi connectivity index (χ4n) is 1.04. The van der Waals surface area contributed by atoms with Crippen molar-refractivity contribution < 1.29 is 36.9 Å². The zero-order chi connectivity index (χ0) is 14.6. The van der Waals surface area contributed by atoms with Crippen LogP contribution in [0.15, 0.2) is 12.1 Å². The van der Waals surface area contributed by atoms with Crippen LogP contribution in [0, 0.1) is 0 Å². The van der Waals surface area contributed by atoms with E-state index in [-0.39, 0.29) is 11.6 Å². The smallest absolute Gasteiger partial charge is 0.354 e. The van der Waals surface area contributed by atoms with Gasteiger partial charge in [0.1, 0.15) is 0 Å². The standard InChI is InChI=1S/C10H9F4NO4/c1-18-7-6(3-2-5(15-7)8(16)17)19-4-10(13,14)9(11)12/h2-3,9H,4H2,1H3,(H,16,17). The number of hydrogen-bond donors (Lipinski definition) is 1. The summed E-state index contributed by atoms with van der Waals surface area (Å²) in [6.07, 6.45) is -3.87. The third-order valence-corrected chi connectivity index (χ3v) is 1.98. The second kappa shape index (κ2) is 5.72. The Hall–Kier alpha value is -2.06. The van der Waals surface area contributed by atoms with E-state index in [1.165, 1.54) is 0 Å². The lowest BCUT2D eigenvalue weighted by molar-refractivity contribution is -0.148. The van der Waals surface area contributed by atoms with Crippen molar-refractivity contribution >= 4 is 5.97 Å². The van der Waals surface area contributed by atoms with Gasteiger partial charge >= 0.3 is 18.3 Å². The first-order valence-electron chi connectivity index (χ1n) is 4.85. The van der Waals surface area contributed by atoms with Crippen LogP contribution in [-0.4, -0.2) is 42.1 Å². The predicted octanol–water partition coefficient (Wildman–Crippen LogP) is 2.07. The summed E-state index contributed by atoms with van der Waals surface area (Å²) in [5.74, 6) is -6.42. The predicted molar refractivity (Wildman–Crippen MR) is 54.2 cm³/mol. The molecule has 0 aliphatic carbocycles. The number of rotatable bonds is 6. The van der Waals surface area contributed by atoms with Gasteiger partial charge in [-0.25, -0.2) is 18.6 Å². The molecule has 0 aliphatic heterocycles. The topological polar surface area (TPSA) is 68.7 Å². The normalized spacial score (nSPS) is 11.5. The van der Waals surface area contributed by atoms with Crippen LogP contribution in [0.5, 0.6) is 11.6 Å². The van der Waals surface area contributed by atoms with E-state index in [1.54, 1.807) is 0 Å². The first kappa shape index (κ1) is 15.0. The van der Waals surface area contributed by atoms with Crippen LogP contribution in [-0.2, 0) is 0 Å². The molecule has 0 amide bonds. The van der Waals surface area contributed by atoms with E-state index in [0.717, 1.165) is 19.2 Å². The van der Waals surface area contributed by atoms with E-state index >= 15 is 0 Å². The summed E-state index contributed by atoms with van der Waals surface area (Å²) in [5, 5.41) is 8.65. The Balaban J connectivity index is 2.87. The maximum absolute atomic E-state index is 12.6. The molecule has 0 aromatic carbocycles. The minimum absolute atomic E-state index is 0.354. The van der Waals surface area contributed by atoms with E-state index in [1.807, 2.05) is 0 Å². The second-order valence-corrected chi connectivity index (χ2v) is 3.36. The molecule has 1 rings (SSSR count). The molecule has 0 fully saturated rings. The Morgan fingerprint density at radius 3 is 2.58 bits per heavy atom. The zero-order valence-corrected chi connectivity index (χ0v) is 9.57. The molecule has 0 aliphatic rings. The lowest BCUT2D eigenvalue weighted by Gasteiger charge is -2.16. The summed E-state index contributed by atoms with van der Waals surface area (Å²) in [5.41, 5.74) is -0.398. The maximum atomic E-state index is 12.6. The number of carboxylic acid groups (broad SMARTS) is 1. The molecule has 0 bridgehead atoms. The van der Waals surface area contributed by atoms with Gasteiger partial charge in [-0.05, 0) is 12.1 Å². The molecule has 1 heterocycles. The van der Waals surface area contributed by atoms with Gasteiger partial charge in [0.2, 0.25) is 0 Å². The molecule has 0 radical (unpaired) electrons. The van der Waals surface area contributed by atoms with Gasteiger partial charge in [0.15, 0.2) is 18.1 Å². The van der Waals surface area contributed by atoms with Crippen LogP contribution in [0.25, 0.3) is 0 Å². The van der Waals surface area contributed by atoms with Crippen molar-refractivity contribution in [1.82, 2.24) is 4.98 Å². The first-order chi connectivity index (χ1) is 8.77. The molecule has 9 heteroatoms.